The minimum absolute atomic E-state index is 0.206. The molecule has 0 unspecified atom stereocenters. The first kappa shape index (κ1) is 20.5. The van der Waals surface area contributed by atoms with Crippen LogP contribution in [0.5, 0.6) is 0 Å². The molecule has 0 aliphatic heterocycles. The Labute approximate surface area is 194 Å². The maximum Gasteiger partial charge on any atom is 0.267 e. The van der Waals surface area contributed by atoms with Gasteiger partial charge in [0.25, 0.3) is 17.1 Å². The molecular weight excluding hydrogens is 430 g/mol. The molecule has 0 saturated heterocycles. The summed E-state index contributed by atoms with van der Waals surface area (Å²) in [4.78, 5) is 39.8. The molecule has 0 atom stereocenters. The molecule has 0 amide bonds. The highest BCUT2D eigenvalue weighted by Gasteiger charge is 2.20. The highest BCUT2D eigenvalue weighted by molar-refractivity contribution is 5.91. The second kappa shape index (κ2) is 8.33. The quantitative estimate of drug-likeness (QED) is 0.418. The zero-order chi connectivity index (χ0) is 23.1. The highest BCUT2D eigenvalue weighted by atomic mass is 16.1. The van der Waals surface area contributed by atoms with Gasteiger partial charge in [-0.15, -0.1) is 5.10 Å². The fourth-order valence-corrected chi connectivity index (χ4v) is 4.77. The van der Waals surface area contributed by atoms with E-state index in [9.17, 15) is 9.59 Å². The molecule has 34 heavy (non-hydrogen) atoms. The molecule has 9 heteroatoms. The van der Waals surface area contributed by atoms with E-state index in [0.29, 0.717) is 40.2 Å². The van der Waals surface area contributed by atoms with Crippen LogP contribution in [-0.4, -0.2) is 34.3 Å². The summed E-state index contributed by atoms with van der Waals surface area (Å²) in [6.07, 6.45) is 12.6. The third kappa shape index (κ3) is 3.59. The lowest BCUT2D eigenvalue weighted by Gasteiger charge is -2.18. The van der Waals surface area contributed by atoms with Gasteiger partial charge >= 0.3 is 0 Å². The Morgan fingerprint density at radius 1 is 0.941 bits per heavy atom. The van der Waals surface area contributed by atoms with Crippen molar-refractivity contribution >= 4 is 21.8 Å². The highest BCUT2D eigenvalue weighted by Crippen LogP contribution is 2.30. The molecular formula is C25H23N7O2. The lowest BCUT2D eigenvalue weighted by atomic mass is 9.89. The summed E-state index contributed by atoms with van der Waals surface area (Å²) >= 11 is 0. The molecule has 1 N–H and O–H groups in total. The van der Waals surface area contributed by atoms with E-state index in [2.05, 4.69) is 25.1 Å². The van der Waals surface area contributed by atoms with Gasteiger partial charge in [-0.1, -0.05) is 25.3 Å². The average molecular weight is 454 g/mol. The van der Waals surface area contributed by atoms with Crippen molar-refractivity contribution in [3.63, 3.8) is 0 Å². The second-order valence-electron chi connectivity index (χ2n) is 8.81. The lowest BCUT2D eigenvalue weighted by molar-refractivity contribution is 0.429. The molecule has 1 fully saturated rings. The van der Waals surface area contributed by atoms with Crippen LogP contribution in [0.25, 0.3) is 27.8 Å². The van der Waals surface area contributed by atoms with Crippen LogP contribution in [0.4, 0.5) is 0 Å². The summed E-state index contributed by atoms with van der Waals surface area (Å²) in [6.45, 7) is 0.390. The second-order valence-corrected chi connectivity index (χ2v) is 8.81. The van der Waals surface area contributed by atoms with Crippen molar-refractivity contribution in [1.29, 1.82) is 0 Å². The van der Waals surface area contributed by atoms with Crippen molar-refractivity contribution in [3.8, 4) is 5.95 Å². The molecule has 5 aromatic rings. The van der Waals surface area contributed by atoms with E-state index in [1.165, 1.54) is 23.8 Å². The Hall–Kier alpha value is -4.14. The van der Waals surface area contributed by atoms with Gasteiger partial charge in [-0.2, -0.15) is 4.98 Å². The third-order valence-corrected chi connectivity index (χ3v) is 6.59. The van der Waals surface area contributed by atoms with Crippen LogP contribution in [0.3, 0.4) is 0 Å². The van der Waals surface area contributed by atoms with E-state index < -0.39 is 0 Å². The first-order chi connectivity index (χ1) is 16.7. The van der Waals surface area contributed by atoms with E-state index in [-0.39, 0.29) is 11.1 Å². The Morgan fingerprint density at radius 3 is 2.53 bits per heavy atom. The van der Waals surface area contributed by atoms with E-state index in [1.54, 1.807) is 47.6 Å². The third-order valence-electron chi connectivity index (χ3n) is 6.59. The standard InChI is InChI=1S/C25H23N7O2/c33-23-18-13-19-21(27-20(18)8-11-31(23)15-16-5-4-10-26-14-16)9-12-32(24(19)34)25-28-22(29-30-25)17-6-2-1-3-7-17/h4-5,8-14,17H,1-3,6-7,15H2,(H,28,29,30). The predicted octanol–water partition coefficient (Wildman–Crippen LogP) is 3.31. The topological polar surface area (TPSA) is 111 Å². The summed E-state index contributed by atoms with van der Waals surface area (Å²) in [5.74, 6) is 1.50. The number of rotatable bonds is 4. The summed E-state index contributed by atoms with van der Waals surface area (Å²) < 4.78 is 3.01. The SMILES string of the molecule is O=c1c2cc3c(=O)n(-c4n[nH]c(C5CCCCC5)n4)ccc3nc2ccn1Cc1cccnc1. The zero-order valence-electron chi connectivity index (χ0n) is 18.5. The molecule has 1 saturated carbocycles. The molecule has 1 aliphatic rings. The Kier molecular flexibility index (Phi) is 5.01. The molecule has 170 valence electrons. The molecule has 0 radical (unpaired) electrons. The van der Waals surface area contributed by atoms with Crippen LogP contribution in [-0.2, 0) is 6.54 Å². The van der Waals surface area contributed by atoms with Gasteiger partial charge in [0.15, 0.2) is 0 Å². The molecule has 5 aromatic heterocycles. The van der Waals surface area contributed by atoms with Gasteiger partial charge in [0.1, 0.15) is 5.82 Å². The smallest absolute Gasteiger partial charge is 0.267 e. The number of aromatic amines is 1. The number of aromatic nitrogens is 7. The number of fused-ring (bicyclic) bond motifs is 2. The van der Waals surface area contributed by atoms with Crippen LogP contribution >= 0.6 is 0 Å². The van der Waals surface area contributed by atoms with Gasteiger partial charge < -0.3 is 4.57 Å². The lowest BCUT2D eigenvalue weighted by Crippen LogP contribution is -2.22. The van der Waals surface area contributed by atoms with Gasteiger partial charge in [-0.3, -0.25) is 19.7 Å². The van der Waals surface area contributed by atoms with Crippen LogP contribution in [0.2, 0.25) is 0 Å². The van der Waals surface area contributed by atoms with Crippen LogP contribution in [0.1, 0.15) is 49.4 Å². The molecule has 9 nitrogen and oxygen atoms in total. The predicted molar refractivity (Wildman–Crippen MR) is 128 cm³/mol. The van der Waals surface area contributed by atoms with Crippen LogP contribution < -0.4 is 11.1 Å². The van der Waals surface area contributed by atoms with Gasteiger partial charge in [0.05, 0.1) is 28.4 Å². The molecule has 5 heterocycles. The van der Waals surface area contributed by atoms with E-state index in [0.717, 1.165) is 24.2 Å². The Balaban J connectivity index is 1.42. The normalized spacial score (nSPS) is 14.7. The van der Waals surface area contributed by atoms with Crippen LogP contribution in [0.15, 0.2) is 64.7 Å². The number of hydrogen-bond donors (Lipinski definition) is 1. The maximum absolute atomic E-state index is 13.4. The van der Waals surface area contributed by atoms with E-state index in [1.807, 2.05) is 12.1 Å². The zero-order valence-corrected chi connectivity index (χ0v) is 18.5. The molecule has 6 rings (SSSR count). The number of nitrogens with zero attached hydrogens (tertiary/aromatic N) is 6. The van der Waals surface area contributed by atoms with Crippen molar-refractivity contribution in [2.45, 2.75) is 44.6 Å². The van der Waals surface area contributed by atoms with E-state index >= 15 is 0 Å². The van der Waals surface area contributed by atoms with Crippen molar-refractivity contribution in [3.05, 3.63) is 87.2 Å². The van der Waals surface area contributed by atoms with Crippen molar-refractivity contribution < 1.29 is 0 Å². The molecule has 0 spiro atoms. The molecule has 1 aliphatic carbocycles. The van der Waals surface area contributed by atoms with Gasteiger partial charge in [0.2, 0.25) is 0 Å². The van der Waals surface area contributed by atoms with Gasteiger partial charge in [-0.05, 0) is 42.7 Å². The fourth-order valence-electron chi connectivity index (χ4n) is 4.77. The maximum atomic E-state index is 13.4. The van der Waals surface area contributed by atoms with Gasteiger partial charge in [0, 0.05) is 30.7 Å². The average Bonchev–Trinajstić information content (AvgIpc) is 3.37. The Morgan fingerprint density at radius 2 is 1.74 bits per heavy atom. The summed E-state index contributed by atoms with van der Waals surface area (Å²) in [5.41, 5.74) is 1.49. The largest absolute Gasteiger partial charge is 0.310 e. The number of H-pyrrole nitrogens is 1. The van der Waals surface area contributed by atoms with Crippen molar-refractivity contribution in [1.82, 2.24) is 34.3 Å². The van der Waals surface area contributed by atoms with Crippen LogP contribution in [0, 0.1) is 0 Å². The molecule has 0 bridgehead atoms. The fraction of sp³-hybridized carbons (Fsp3) is 0.280. The first-order valence-corrected chi connectivity index (χ1v) is 11.5. The number of pyridine rings is 4. The van der Waals surface area contributed by atoms with Gasteiger partial charge in [-0.25, -0.2) is 9.55 Å². The minimum atomic E-state index is -0.303. The molecule has 0 aromatic carbocycles. The summed E-state index contributed by atoms with van der Waals surface area (Å²) in [7, 11) is 0. The Bertz CT molecular complexity index is 1610. The first-order valence-electron chi connectivity index (χ1n) is 11.5. The monoisotopic (exact) mass is 453 g/mol. The van der Waals surface area contributed by atoms with Crippen molar-refractivity contribution in [2.24, 2.45) is 0 Å². The summed E-state index contributed by atoms with van der Waals surface area (Å²) in [5, 5.41) is 8.08. The number of hydrogen-bond acceptors (Lipinski definition) is 6. The summed E-state index contributed by atoms with van der Waals surface area (Å²) in [6, 6.07) is 8.94. The number of nitrogens with one attached hydrogen (secondary N) is 1. The van der Waals surface area contributed by atoms with E-state index in [4.69, 9.17) is 0 Å². The minimum Gasteiger partial charge on any atom is -0.310 e. The van der Waals surface area contributed by atoms with Crippen molar-refractivity contribution in [2.75, 3.05) is 0 Å².